The first kappa shape index (κ1) is 15.2. The number of aromatic nitrogens is 3. The molecule has 0 bridgehead atoms. The van der Waals surface area contributed by atoms with Crippen molar-refractivity contribution in [3.05, 3.63) is 44.2 Å². The number of rotatable bonds is 3. The molecule has 3 rings (SSSR count). The van der Waals surface area contributed by atoms with Gasteiger partial charge in [0.2, 0.25) is 5.28 Å². The van der Waals surface area contributed by atoms with Gasteiger partial charge in [-0.2, -0.15) is 4.98 Å². The first-order valence-corrected chi connectivity index (χ1v) is 8.53. The molecule has 3 heterocycles. The average molecular weight is 339 g/mol. The van der Waals surface area contributed by atoms with Crippen molar-refractivity contribution in [2.24, 2.45) is 0 Å². The zero-order valence-electron chi connectivity index (χ0n) is 12.2. The first-order chi connectivity index (χ1) is 10.5. The standard InChI is InChI=1S/C14H15ClN4O2S/c1-7-5-8(2)17-13(20)9(7)6-16-12-11-10(3-4-22(11)21)18-14(15)19-12/h5H,3-4,6H2,1-2H3,(H,17,20)(H,16,18,19)/t22-/m1/s1. The van der Waals surface area contributed by atoms with Crippen molar-refractivity contribution in [3.63, 3.8) is 0 Å². The summed E-state index contributed by atoms with van der Waals surface area (Å²) in [6.07, 6.45) is 0.628. The number of fused-ring (bicyclic) bond motifs is 1. The summed E-state index contributed by atoms with van der Waals surface area (Å²) in [6.45, 7) is 4.01. The van der Waals surface area contributed by atoms with Crippen LogP contribution in [0.25, 0.3) is 0 Å². The third kappa shape index (κ3) is 2.78. The molecule has 0 aliphatic carbocycles. The Morgan fingerprint density at radius 2 is 2.18 bits per heavy atom. The number of nitrogens with zero attached hydrogens (tertiary/aromatic N) is 2. The molecule has 1 aliphatic rings. The third-order valence-corrected chi connectivity index (χ3v) is 5.22. The number of nitrogens with one attached hydrogen (secondary N) is 2. The normalized spacial score (nSPS) is 16.6. The molecular weight excluding hydrogens is 324 g/mol. The summed E-state index contributed by atoms with van der Waals surface area (Å²) in [5.41, 5.74) is 2.92. The number of anilines is 1. The molecule has 0 aromatic carbocycles. The van der Waals surface area contributed by atoms with Gasteiger partial charge in [-0.05, 0) is 37.1 Å². The molecule has 0 fully saturated rings. The molecule has 1 atom stereocenters. The van der Waals surface area contributed by atoms with E-state index in [1.807, 2.05) is 19.9 Å². The van der Waals surface area contributed by atoms with Gasteiger partial charge in [0.25, 0.3) is 5.56 Å². The van der Waals surface area contributed by atoms with E-state index < -0.39 is 10.8 Å². The number of pyridine rings is 1. The van der Waals surface area contributed by atoms with Gasteiger partial charge in [0, 0.05) is 30.0 Å². The zero-order chi connectivity index (χ0) is 15.9. The number of H-pyrrole nitrogens is 1. The molecule has 0 spiro atoms. The van der Waals surface area contributed by atoms with Gasteiger partial charge >= 0.3 is 0 Å². The molecule has 6 nitrogen and oxygen atoms in total. The fraction of sp³-hybridized carbons (Fsp3) is 0.357. The SMILES string of the molecule is Cc1cc(C)c(CNc2nc(Cl)nc3c2[S@](=O)CC3)c(=O)[nH]1. The summed E-state index contributed by atoms with van der Waals surface area (Å²) in [7, 11) is -1.12. The summed E-state index contributed by atoms with van der Waals surface area (Å²) in [4.78, 5) is 23.7. The Labute approximate surface area is 134 Å². The zero-order valence-corrected chi connectivity index (χ0v) is 13.8. The molecule has 0 saturated carbocycles. The van der Waals surface area contributed by atoms with E-state index in [1.165, 1.54) is 0 Å². The number of hydrogen-bond acceptors (Lipinski definition) is 5. The van der Waals surface area contributed by atoms with E-state index in [1.54, 1.807) is 0 Å². The lowest BCUT2D eigenvalue weighted by molar-refractivity contribution is 0.685. The fourth-order valence-corrected chi connectivity index (χ4v) is 4.07. The van der Waals surface area contributed by atoms with Crippen molar-refractivity contribution in [1.82, 2.24) is 15.0 Å². The number of halogens is 1. The van der Waals surface area contributed by atoms with Crippen LogP contribution < -0.4 is 10.9 Å². The van der Waals surface area contributed by atoms with Crippen LogP contribution in [0.2, 0.25) is 5.28 Å². The minimum absolute atomic E-state index is 0.120. The quantitative estimate of drug-likeness (QED) is 0.832. The van der Waals surface area contributed by atoms with Crippen molar-refractivity contribution in [1.29, 1.82) is 0 Å². The van der Waals surface area contributed by atoms with Crippen LogP contribution >= 0.6 is 11.6 Å². The molecule has 2 aromatic rings. The second-order valence-electron chi connectivity index (χ2n) is 5.21. The summed E-state index contributed by atoms with van der Waals surface area (Å²) in [5.74, 6) is 0.980. The second-order valence-corrected chi connectivity index (χ2v) is 7.06. The average Bonchev–Trinajstić information content (AvgIpc) is 2.78. The summed E-state index contributed by atoms with van der Waals surface area (Å²) < 4.78 is 12.1. The second kappa shape index (κ2) is 5.81. The van der Waals surface area contributed by atoms with E-state index in [0.29, 0.717) is 35.0 Å². The van der Waals surface area contributed by atoms with E-state index in [-0.39, 0.29) is 10.8 Å². The van der Waals surface area contributed by atoms with Crippen molar-refractivity contribution < 1.29 is 4.21 Å². The summed E-state index contributed by atoms with van der Waals surface area (Å²) in [5, 5.41) is 3.21. The van der Waals surface area contributed by atoms with Gasteiger partial charge in [-0.25, -0.2) is 4.98 Å². The topological polar surface area (TPSA) is 87.7 Å². The maximum atomic E-state index is 12.1. The van der Waals surface area contributed by atoms with E-state index >= 15 is 0 Å². The molecule has 0 amide bonds. The van der Waals surface area contributed by atoms with Crippen LogP contribution in [0.1, 0.15) is 22.5 Å². The smallest absolute Gasteiger partial charge is 0.253 e. The van der Waals surface area contributed by atoms with E-state index in [0.717, 1.165) is 17.0 Å². The van der Waals surface area contributed by atoms with Crippen LogP contribution in [-0.4, -0.2) is 24.9 Å². The summed E-state index contributed by atoms with van der Waals surface area (Å²) in [6, 6.07) is 1.91. The molecular formula is C14H15ClN4O2S. The number of aryl methyl sites for hydroxylation is 3. The van der Waals surface area contributed by atoms with Gasteiger partial charge in [-0.15, -0.1) is 0 Å². The van der Waals surface area contributed by atoms with Crippen molar-refractivity contribution in [3.8, 4) is 0 Å². The monoisotopic (exact) mass is 338 g/mol. The highest BCUT2D eigenvalue weighted by Gasteiger charge is 2.25. The Morgan fingerprint density at radius 3 is 2.91 bits per heavy atom. The molecule has 116 valence electrons. The largest absolute Gasteiger partial charge is 0.365 e. The lowest BCUT2D eigenvalue weighted by atomic mass is 10.1. The number of aromatic amines is 1. The van der Waals surface area contributed by atoms with Crippen LogP contribution in [0.3, 0.4) is 0 Å². The molecule has 0 radical (unpaired) electrons. The highest BCUT2D eigenvalue weighted by atomic mass is 35.5. The molecule has 22 heavy (non-hydrogen) atoms. The van der Waals surface area contributed by atoms with E-state index in [4.69, 9.17) is 11.6 Å². The van der Waals surface area contributed by atoms with Crippen LogP contribution in [-0.2, 0) is 23.8 Å². The molecule has 2 N–H and O–H groups in total. The fourth-order valence-electron chi connectivity index (χ4n) is 2.56. The van der Waals surface area contributed by atoms with Crippen molar-refractivity contribution >= 4 is 28.2 Å². The Morgan fingerprint density at radius 1 is 1.41 bits per heavy atom. The molecule has 1 aliphatic heterocycles. The Bertz CT molecular complexity index is 834. The molecule has 2 aromatic heterocycles. The van der Waals surface area contributed by atoms with Crippen molar-refractivity contribution in [2.45, 2.75) is 31.7 Å². The van der Waals surface area contributed by atoms with Crippen LogP contribution in [0.5, 0.6) is 0 Å². The number of hydrogen-bond donors (Lipinski definition) is 2. The Kier molecular flexibility index (Phi) is 4.01. The maximum absolute atomic E-state index is 12.1. The Hall–Kier alpha value is -1.73. The predicted octanol–water partition coefficient (Wildman–Crippen LogP) is 1.71. The molecule has 0 saturated heterocycles. The summed E-state index contributed by atoms with van der Waals surface area (Å²) >= 11 is 5.91. The van der Waals surface area contributed by atoms with Gasteiger partial charge in [0.05, 0.1) is 16.5 Å². The maximum Gasteiger partial charge on any atom is 0.253 e. The van der Waals surface area contributed by atoms with Crippen molar-refractivity contribution in [2.75, 3.05) is 11.1 Å². The predicted molar refractivity (Wildman–Crippen MR) is 85.9 cm³/mol. The third-order valence-electron chi connectivity index (χ3n) is 3.59. The van der Waals surface area contributed by atoms with E-state index in [9.17, 15) is 9.00 Å². The van der Waals surface area contributed by atoms with Gasteiger partial charge in [-0.1, -0.05) is 0 Å². The van der Waals surface area contributed by atoms with Crippen LogP contribution in [0.15, 0.2) is 15.8 Å². The minimum atomic E-state index is -1.12. The first-order valence-electron chi connectivity index (χ1n) is 6.84. The lowest BCUT2D eigenvalue weighted by Gasteiger charge is -2.11. The minimum Gasteiger partial charge on any atom is -0.365 e. The highest BCUT2D eigenvalue weighted by molar-refractivity contribution is 7.85. The Balaban J connectivity index is 1.93. The molecule has 0 unspecified atom stereocenters. The van der Waals surface area contributed by atoms with Gasteiger partial charge in [-0.3, -0.25) is 9.00 Å². The van der Waals surface area contributed by atoms with E-state index in [2.05, 4.69) is 20.3 Å². The van der Waals surface area contributed by atoms with Gasteiger partial charge in [0.15, 0.2) is 0 Å². The highest BCUT2D eigenvalue weighted by Crippen LogP contribution is 2.29. The lowest BCUT2D eigenvalue weighted by Crippen LogP contribution is -2.19. The van der Waals surface area contributed by atoms with Crippen LogP contribution in [0.4, 0.5) is 5.82 Å². The molecule has 8 heteroatoms. The van der Waals surface area contributed by atoms with Crippen LogP contribution in [0, 0.1) is 13.8 Å². The van der Waals surface area contributed by atoms with Gasteiger partial charge in [0.1, 0.15) is 10.7 Å². The van der Waals surface area contributed by atoms with Gasteiger partial charge < -0.3 is 10.3 Å².